The maximum absolute atomic E-state index is 5.67. The van der Waals surface area contributed by atoms with E-state index in [1.807, 2.05) is 30.1 Å². The van der Waals surface area contributed by atoms with Crippen molar-refractivity contribution in [1.29, 1.82) is 0 Å². The van der Waals surface area contributed by atoms with Gasteiger partial charge in [0.2, 0.25) is 0 Å². The molecule has 4 heterocycles. The van der Waals surface area contributed by atoms with Gasteiger partial charge in [0.15, 0.2) is 0 Å². The first-order valence-electron chi connectivity index (χ1n) is 11.5. The summed E-state index contributed by atoms with van der Waals surface area (Å²) in [7, 11) is 1.94. The maximum Gasteiger partial charge on any atom is 0.148 e. The summed E-state index contributed by atoms with van der Waals surface area (Å²) in [4.78, 5) is 2.71. The molecule has 0 bridgehead atoms. The van der Waals surface area contributed by atoms with Crippen molar-refractivity contribution >= 4 is 5.82 Å². The SMILES string of the molecule is Cc1cnn(C)c1-c1ccc(NC[C@H]2C[C@@H]3CN(CC4CCCOC4)C[C@@H]3C2)nn1. The molecule has 7 heteroatoms. The van der Waals surface area contributed by atoms with Crippen LogP contribution in [-0.2, 0) is 11.8 Å². The van der Waals surface area contributed by atoms with E-state index in [4.69, 9.17) is 4.74 Å². The predicted octanol–water partition coefficient (Wildman–Crippen LogP) is 2.98. The minimum Gasteiger partial charge on any atom is -0.381 e. The Hall–Kier alpha value is -1.99. The van der Waals surface area contributed by atoms with Crippen LogP contribution in [0.2, 0.25) is 0 Å². The van der Waals surface area contributed by atoms with Crippen LogP contribution in [0.15, 0.2) is 18.3 Å². The number of likely N-dealkylation sites (tertiary alicyclic amines) is 1. The van der Waals surface area contributed by atoms with Crippen LogP contribution >= 0.6 is 0 Å². The van der Waals surface area contributed by atoms with Gasteiger partial charge in [0.05, 0.1) is 18.5 Å². The van der Waals surface area contributed by atoms with Crippen LogP contribution in [0.5, 0.6) is 0 Å². The third kappa shape index (κ3) is 4.23. The highest BCUT2D eigenvalue weighted by Gasteiger charge is 2.41. The normalized spacial score (nSPS) is 29.3. The number of fused-ring (bicyclic) bond motifs is 1. The molecule has 2 aromatic rings. The Morgan fingerprint density at radius 1 is 1.13 bits per heavy atom. The Morgan fingerprint density at radius 2 is 1.97 bits per heavy atom. The number of nitrogens with zero attached hydrogens (tertiary/aromatic N) is 5. The van der Waals surface area contributed by atoms with Gasteiger partial charge >= 0.3 is 0 Å². The quantitative estimate of drug-likeness (QED) is 0.790. The topological polar surface area (TPSA) is 68.1 Å². The van der Waals surface area contributed by atoms with Gasteiger partial charge < -0.3 is 15.0 Å². The molecule has 2 aromatic heterocycles. The zero-order valence-corrected chi connectivity index (χ0v) is 18.3. The van der Waals surface area contributed by atoms with E-state index >= 15 is 0 Å². The van der Waals surface area contributed by atoms with E-state index in [9.17, 15) is 0 Å². The van der Waals surface area contributed by atoms with Crippen LogP contribution in [-0.4, -0.2) is 64.3 Å². The molecule has 7 nitrogen and oxygen atoms in total. The number of hydrogen-bond donors (Lipinski definition) is 1. The molecule has 2 aliphatic heterocycles. The molecule has 1 unspecified atom stereocenters. The van der Waals surface area contributed by atoms with E-state index in [2.05, 4.69) is 32.4 Å². The number of rotatable bonds is 6. The van der Waals surface area contributed by atoms with Gasteiger partial charge in [0.25, 0.3) is 0 Å². The lowest BCUT2D eigenvalue weighted by molar-refractivity contribution is 0.0406. The average Bonchev–Trinajstić information content (AvgIpc) is 3.41. The van der Waals surface area contributed by atoms with Gasteiger partial charge in [-0.25, -0.2) is 0 Å². The van der Waals surface area contributed by atoms with Gasteiger partial charge in [-0.1, -0.05) is 0 Å². The summed E-state index contributed by atoms with van der Waals surface area (Å²) in [6, 6.07) is 4.08. The molecule has 2 saturated heterocycles. The molecule has 0 aromatic carbocycles. The Labute approximate surface area is 179 Å². The summed E-state index contributed by atoms with van der Waals surface area (Å²) in [6.45, 7) is 8.81. The second-order valence-electron chi connectivity index (χ2n) is 9.64. The van der Waals surface area contributed by atoms with E-state index in [0.717, 1.165) is 66.2 Å². The van der Waals surface area contributed by atoms with Gasteiger partial charge in [-0.3, -0.25) is 4.68 Å². The Morgan fingerprint density at radius 3 is 2.60 bits per heavy atom. The molecule has 30 heavy (non-hydrogen) atoms. The molecule has 1 aliphatic carbocycles. The second-order valence-corrected chi connectivity index (χ2v) is 9.64. The molecule has 0 spiro atoms. The largest absolute Gasteiger partial charge is 0.381 e. The van der Waals surface area contributed by atoms with Crippen LogP contribution in [0, 0.1) is 30.6 Å². The lowest BCUT2D eigenvalue weighted by Crippen LogP contribution is -2.33. The average molecular weight is 411 g/mol. The van der Waals surface area contributed by atoms with Crippen LogP contribution in [0.1, 0.15) is 31.2 Å². The third-order valence-corrected chi connectivity index (χ3v) is 7.30. The summed E-state index contributed by atoms with van der Waals surface area (Å²) < 4.78 is 7.52. The Balaban J connectivity index is 1.09. The fraction of sp³-hybridized carbons (Fsp3) is 0.696. The van der Waals surface area contributed by atoms with Crippen molar-refractivity contribution < 1.29 is 4.74 Å². The minimum atomic E-state index is 0.751. The van der Waals surface area contributed by atoms with Gasteiger partial charge in [-0.15, -0.1) is 10.2 Å². The van der Waals surface area contributed by atoms with E-state index in [1.54, 1.807) is 0 Å². The van der Waals surface area contributed by atoms with Crippen LogP contribution in [0.4, 0.5) is 5.82 Å². The minimum absolute atomic E-state index is 0.751. The second kappa shape index (κ2) is 8.63. The van der Waals surface area contributed by atoms with Crippen molar-refractivity contribution in [1.82, 2.24) is 24.9 Å². The van der Waals surface area contributed by atoms with Crippen molar-refractivity contribution in [3.8, 4) is 11.4 Å². The van der Waals surface area contributed by atoms with Crippen molar-refractivity contribution in [2.45, 2.75) is 32.6 Å². The van der Waals surface area contributed by atoms with Gasteiger partial charge in [0, 0.05) is 39.8 Å². The fourth-order valence-electron chi connectivity index (χ4n) is 5.87. The molecular weight excluding hydrogens is 376 g/mol. The lowest BCUT2D eigenvalue weighted by Gasteiger charge is -2.27. The van der Waals surface area contributed by atoms with Crippen molar-refractivity contribution in [3.05, 3.63) is 23.9 Å². The molecule has 3 aliphatic rings. The summed E-state index contributed by atoms with van der Waals surface area (Å²) in [5.41, 5.74) is 3.02. The number of nitrogens with one attached hydrogen (secondary N) is 1. The lowest BCUT2D eigenvalue weighted by atomic mass is 10.0. The zero-order chi connectivity index (χ0) is 20.5. The van der Waals surface area contributed by atoms with Crippen molar-refractivity contribution in [3.63, 3.8) is 0 Å². The van der Waals surface area contributed by atoms with Crippen LogP contribution < -0.4 is 5.32 Å². The number of anilines is 1. The zero-order valence-electron chi connectivity index (χ0n) is 18.3. The monoisotopic (exact) mass is 410 g/mol. The molecule has 162 valence electrons. The van der Waals surface area contributed by atoms with Gasteiger partial charge in [-0.05, 0) is 74.0 Å². The van der Waals surface area contributed by atoms with E-state index in [1.165, 1.54) is 45.3 Å². The third-order valence-electron chi connectivity index (χ3n) is 7.30. The molecule has 0 radical (unpaired) electrons. The van der Waals surface area contributed by atoms with Gasteiger partial charge in [0.1, 0.15) is 11.5 Å². The van der Waals surface area contributed by atoms with Crippen molar-refractivity contribution in [2.24, 2.45) is 30.7 Å². The standard InChI is InChI=1S/C23H34N6O/c1-16-10-25-28(2)23(16)21-5-6-22(27-26-21)24-11-18-8-19-13-29(14-20(19)9-18)12-17-4-3-7-30-15-17/h5-6,10,17-20H,3-4,7-9,11-15H2,1-2H3,(H,24,27)/t17?,18-,19+,20-. The highest BCUT2D eigenvalue weighted by Crippen LogP contribution is 2.41. The fourth-order valence-corrected chi connectivity index (χ4v) is 5.87. The number of ether oxygens (including phenoxy) is 1. The summed E-state index contributed by atoms with van der Waals surface area (Å²) in [5, 5.41) is 16.6. The van der Waals surface area contributed by atoms with Gasteiger partial charge in [-0.2, -0.15) is 5.10 Å². The summed E-state index contributed by atoms with van der Waals surface area (Å²) >= 11 is 0. The Kier molecular flexibility index (Phi) is 5.74. The molecule has 1 N–H and O–H groups in total. The molecule has 0 amide bonds. The van der Waals surface area contributed by atoms with E-state index < -0.39 is 0 Å². The summed E-state index contributed by atoms with van der Waals surface area (Å²) in [6.07, 6.45) is 7.14. The molecule has 5 rings (SSSR count). The molecular formula is C23H34N6O. The number of aromatic nitrogens is 4. The van der Waals surface area contributed by atoms with Crippen LogP contribution in [0.3, 0.4) is 0 Å². The van der Waals surface area contributed by atoms with Crippen molar-refractivity contribution in [2.75, 3.05) is 44.7 Å². The number of hydrogen-bond acceptors (Lipinski definition) is 6. The highest BCUT2D eigenvalue weighted by molar-refractivity contribution is 5.59. The highest BCUT2D eigenvalue weighted by atomic mass is 16.5. The van der Waals surface area contributed by atoms with Crippen LogP contribution in [0.25, 0.3) is 11.4 Å². The maximum atomic E-state index is 5.67. The number of aryl methyl sites for hydroxylation is 2. The molecule has 4 atom stereocenters. The first-order chi connectivity index (χ1) is 14.7. The molecule has 3 fully saturated rings. The smallest absolute Gasteiger partial charge is 0.148 e. The molecule has 1 saturated carbocycles. The first-order valence-corrected chi connectivity index (χ1v) is 11.5. The predicted molar refractivity (Wildman–Crippen MR) is 117 cm³/mol. The first kappa shape index (κ1) is 19.9. The Bertz CT molecular complexity index is 810. The summed E-state index contributed by atoms with van der Waals surface area (Å²) in [5.74, 6) is 4.13. The van der Waals surface area contributed by atoms with E-state index in [-0.39, 0.29) is 0 Å². The van der Waals surface area contributed by atoms with E-state index in [0.29, 0.717) is 0 Å².